The highest BCUT2D eigenvalue weighted by Gasteiger charge is 2.23. The zero-order valence-corrected chi connectivity index (χ0v) is 19.7. The summed E-state index contributed by atoms with van der Waals surface area (Å²) in [6.07, 6.45) is 2.56. The maximum absolute atomic E-state index is 6.11. The summed E-state index contributed by atoms with van der Waals surface area (Å²) in [6.45, 7) is 12.8. The highest BCUT2D eigenvalue weighted by molar-refractivity contribution is 14.0. The molecule has 2 fully saturated rings. The van der Waals surface area contributed by atoms with Crippen molar-refractivity contribution in [1.82, 2.24) is 15.1 Å². The molecule has 0 radical (unpaired) electrons. The number of hydrogen-bond acceptors (Lipinski definition) is 4. The first-order chi connectivity index (χ1) is 13.2. The number of guanidine groups is 1. The van der Waals surface area contributed by atoms with Crippen LogP contribution >= 0.6 is 24.0 Å². The fourth-order valence-corrected chi connectivity index (χ4v) is 4.23. The maximum Gasteiger partial charge on any atom is 0.188 e. The summed E-state index contributed by atoms with van der Waals surface area (Å²) in [5.74, 6) is 0.590. The fourth-order valence-electron chi connectivity index (χ4n) is 4.23. The summed E-state index contributed by atoms with van der Waals surface area (Å²) >= 11 is 0. The number of benzene rings is 1. The molecular weight excluding hydrogens is 463 g/mol. The van der Waals surface area contributed by atoms with Gasteiger partial charge in [0.2, 0.25) is 0 Å². The molecule has 158 valence electrons. The SMILES string of the molecule is CCN1CCCC1CNC(N)=NCC(C)N1CCN(c2ccccc2)CC1.I. The second kappa shape index (κ2) is 11.8. The van der Waals surface area contributed by atoms with Gasteiger partial charge in [-0.15, -0.1) is 24.0 Å². The van der Waals surface area contributed by atoms with E-state index in [1.807, 2.05) is 0 Å². The summed E-state index contributed by atoms with van der Waals surface area (Å²) in [5.41, 5.74) is 7.43. The number of hydrogen-bond donors (Lipinski definition) is 2. The molecule has 7 heteroatoms. The predicted octanol–water partition coefficient (Wildman–Crippen LogP) is 2.20. The van der Waals surface area contributed by atoms with Gasteiger partial charge < -0.3 is 16.0 Å². The number of anilines is 1. The number of halogens is 1. The fraction of sp³-hybridized carbons (Fsp3) is 0.667. The molecule has 0 spiro atoms. The molecule has 3 N–H and O–H groups in total. The summed E-state index contributed by atoms with van der Waals surface area (Å²) in [6, 6.07) is 11.7. The number of para-hydroxylation sites is 1. The highest BCUT2D eigenvalue weighted by Crippen LogP contribution is 2.17. The Morgan fingerprint density at radius 1 is 1.18 bits per heavy atom. The van der Waals surface area contributed by atoms with Crippen LogP contribution in [0.2, 0.25) is 0 Å². The highest BCUT2D eigenvalue weighted by atomic mass is 127. The largest absolute Gasteiger partial charge is 0.370 e. The number of nitrogens with two attached hydrogens (primary N) is 1. The third-order valence-electron chi connectivity index (χ3n) is 6.01. The quantitative estimate of drug-likeness (QED) is 0.342. The van der Waals surface area contributed by atoms with Gasteiger partial charge in [0.1, 0.15) is 0 Å². The Kier molecular flexibility index (Phi) is 9.81. The minimum Gasteiger partial charge on any atom is -0.370 e. The molecule has 2 saturated heterocycles. The van der Waals surface area contributed by atoms with Gasteiger partial charge in [-0.25, -0.2) is 0 Å². The Morgan fingerprint density at radius 2 is 1.89 bits per heavy atom. The smallest absolute Gasteiger partial charge is 0.188 e. The van der Waals surface area contributed by atoms with Crippen molar-refractivity contribution in [3.63, 3.8) is 0 Å². The summed E-state index contributed by atoms with van der Waals surface area (Å²) in [7, 11) is 0. The van der Waals surface area contributed by atoms with E-state index in [4.69, 9.17) is 5.73 Å². The first kappa shape index (κ1) is 23.2. The van der Waals surface area contributed by atoms with Crippen LogP contribution in [-0.4, -0.2) is 80.2 Å². The van der Waals surface area contributed by atoms with Crippen molar-refractivity contribution in [2.75, 3.05) is 57.3 Å². The van der Waals surface area contributed by atoms with E-state index in [-0.39, 0.29) is 24.0 Å². The average Bonchev–Trinajstić information content (AvgIpc) is 3.19. The van der Waals surface area contributed by atoms with Crippen LogP contribution in [0.5, 0.6) is 0 Å². The molecule has 2 atom stereocenters. The minimum atomic E-state index is 0. The topological polar surface area (TPSA) is 60.1 Å². The van der Waals surface area contributed by atoms with Crippen molar-refractivity contribution >= 4 is 35.6 Å². The van der Waals surface area contributed by atoms with Crippen molar-refractivity contribution in [2.24, 2.45) is 10.7 Å². The minimum absolute atomic E-state index is 0. The number of aliphatic imine (C=N–C) groups is 1. The van der Waals surface area contributed by atoms with Crippen LogP contribution in [0, 0.1) is 0 Å². The van der Waals surface area contributed by atoms with Gasteiger partial charge in [0.25, 0.3) is 0 Å². The van der Waals surface area contributed by atoms with E-state index < -0.39 is 0 Å². The number of nitrogens with zero attached hydrogens (tertiary/aromatic N) is 4. The van der Waals surface area contributed by atoms with Crippen LogP contribution in [0.4, 0.5) is 5.69 Å². The molecule has 0 aromatic heterocycles. The number of piperazine rings is 1. The van der Waals surface area contributed by atoms with E-state index >= 15 is 0 Å². The third kappa shape index (κ3) is 6.49. The van der Waals surface area contributed by atoms with Gasteiger partial charge >= 0.3 is 0 Å². The van der Waals surface area contributed by atoms with Crippen molar-refractivity contribution in [3.8, 4) is 0 Å². The molecule has 28 heavy (non-hydrogen) atoms. The molecule has 2 aliphatic rings. The Morgan fingerprint density at radius 3 is 2.57 bits per heavy atom. The normalized spacial score (nSPS) is 22.7. The lowest BCUT2D eigenvalue weighted by molar-refractivity contribution is 0.201. The molecule has 0 saturated carbocycles. The van der Waals surface area contributed by atoms with Crippen LogP contribution in [0.3, 0.4) is 0 Å². The molecule has 0 bridgehead atoms. The van der Waals surface area contributed by atoms with Crippen LogP contribution in [0.1, 0.15) is 26.7 Å². The first-order valence-corrected chi connectivity index (χ1v) is 10.5. The molecule has 1 aromatic rings. The van der Waals surface area contributed by atoms with Gasteiger partial charge in [0.15, 0.2) is 5.96 Å². The van der Waals surface area contributed by atoms with Crippen molar-refractivity contribution < 1.29 is 0 Å². The van der Waals surface area contributed by atoms with Crippen molar-refractivity contribution in [1.29, 1.82) is 0 Å². The lowest BCUT2D eigenvalue weighted by Crippen LogP contribution is -2.50. The molecular formula is C21H37IN6. The number of likely N-dealkylation sites (N-methyl/N-ethyl adjacent to an activating group) is 1. The number of likely N-dealkylation sites (tertiary alicyclic amines) is 1. The van der Waals surface area contributed by atoms with E-state index in [9.17, 15) is 0 Å². The monoisotopic (exact) mass is 500 g/mol. The van der Waals surface area contributed by atoms with E-state index in [1.165, 1.54) is 25.1 Å². The molecule has 3 rings (SSSR count). The molecule has 6 nitrogen and oxygen atoms in total. The molecule has 2 aliphatic heterocycles. The summed E-state index contributed by atoms with van der Waals surface area (Å²) in [5, 5.41) is 3.34. The maximum atomic E-state index is 6.11. The molecule has 2 heterocycles. The molecule has 2 unspecified atom stereocenters. The van der Waals surface area contributed by atoms with Crippen molar-refractivity contribution in [3.05, 3.63) is 30.3 Å². The zero-order chi connectivity index (χ0) is 19.1. The van der Waals surface area contributed by atoms with E-state index in [1.54, 1.807) is 0 Å². The van der Waals surface area contributed by atoms with E-state index in [2.05, 4.69) is 69.2 Å². The lowest BCUT2D eigenvalue weighted by Gasteiger charge is -2.38. The summed E-state index contributed by atoms with van der Waals surface area (Å²) in [4.78, 5) is 12.1. The van der Waals surface area contributed by atoms with Crippen LogP contribution < -0.4 is 16.0 Å². The first-order valence-electron chi connectivity index (χ1n) is 10.5. The lowest BCUT2D eigenvalue weighted by atomic mass is 10.2. The van der Waals surface area contributed by atoms with Crippen LogP contribution in [0.15, 0.2) is 35.3 Å². The van der Waals surface area contributed by atoms with Gasteiger partial charge in [0, 0.05) is 50.5 Å². The predicted molar refractivity (Wildman–Crippen MR) is 130 cm³/mol. The van der Waals surface area contributed by atoms with Gasteiger partial charge in [-0.3, -0.25) is 14.8 Å². The van der Waals surface area contributed by atoms with Gasteiger partial charge in [0.05, 0.1) is 6.54 Å². The second-order valence-electron chi connectivity index (χ2n) is 7.74. The van der Waals surface area contributed by atoms with Gasteiger partial charge in [-0.1, -0.05) is 25.1 Å². The molecule has 0 aliphatic carbocycles. The molecule has 0 amide bonds. The van der Waals surface area contributed by atoms with E-state index in [0.717, 1.165) is 45.8 Å². The summed E-state index contributed by atoms with van der Waals surface area (Å²) < 4.78 is 0. The Bertz CT molecular complexity index is 588. The molecule has 1 aromatic carbocycles. The average molecular weight is 500 g/mol. The van der Waals surface area contributed by atoms with Crippen LogP contribution in [-0.2, 0) is 0 Å². The number of rotatable bonds is 7. The number of nitrogens with one attached hydrogen (secondary N) is 1. The Hall–Kier alpha value is -1.06. The second-order valence-corrected chi connectivity index (χ2v) is 7.74. The Balaban J connectivity index is 0.00000280. The van der Waals surface area contributed by atoms with E-state index in [0.29, 0.717) is 18.0 Å². The third-order valence-corrected chi connectivity index (χ3v) is 6.01. The standard InChI is InChI=1S/C21H36N6.HI/c1-3-25-11-7-10-20(25)17-24-21(22)23-16-18(2)26-12-14-27(15-13-26)19-8-5-4-6-9-19;/h4-6,8-9,18,20H,3,7,10-17H2,1-2H3,(H3,22,23,24);1H. The van der Waals surface area contributed by atoms with Gasteiger partial charge in [-0.2, -0.15) is 0 Å². The van der Waals surface area contributed by atoms with Crippen molar-refractivity contribution in [2.45, 2.75) is 38.8 Å². The van der Waals surface area contributed by atoms with Crippen LogP contribution in [0.25, 0.3) is 0 Å². The van der Waals surface area contributed by atoms with Gasteiger partial charge in [-0.05, 0) is 45.0 Å². The zero-order valence-electron chi connectivity index (χ0n) is 17.4. The Labute approximate surface area is 187 Å².